The summed E-state index contributed by atoms with van der Waals surface area (Å²) in [5, 5.41) is 6.74. The molecule has 1 atom stereocenters. The van der Waals surface area contributed by atoms with Crippen molar-refractivity contribution in [3.63, 3.8) is 0 Å². The average molecular weight is 263 g/mol. The lowest BCUT2D eigenvalue weighted by molar-refractivity contribution is 0.414. The van der Waals surface area contributed by atoms with E-state index in [1.165, 1.54) is 6.42 Å². The number of likely N-dealkylation sites (tertiary alicyclic amines) is 1. The van der Waals surface area contributed by atoms with Crippen LogP contribution in [0.4, 0.5) is 11.6 Å². The maximum Gasteiger partial charge on any atom is 0.135 e. The number of rotatable bonds is 4. The molecular weight excluding hydrogens is 238 g/mol. The molecule has 1 aliphatic heterocycles. The summed E-state index contributed by atoms with van der Waals surface area (Å²) in [6.07, 6.45) is 1.17. The van der Waals surface area contributed by atoms with E-state index >= 15 is 0 Å². The number of nitrogens with one attached hydrogen (secondary N) is 2. The van der Waals surface area contributed by atoms with Gasteiger partial charge >= 0.3 is 0 Å². The number of aromatic nitrogens is 2. The van der Waals surface area contributed by atoms with Gasteiger partial charge in [-0.05, 0) is 26.9 Å². The highest BCUT2D eigenvalue weighted by Crippen LogP contribution is 2.24. The van der Waals surface area contributed by atoms with Crippen LogP contribution in [-0.4, -0.2) is 48.1 Å². The van der Waals surface area contributed by atoms with Crippen molar-refractivity contribution in [3.8, 4) is 0 Å². The fraction of sp³-hybridized carbons (Fsp3) is 0.714. The van der Waals surface area contributed by atoms with E-state index in [9.17, 15) is 0 Å². The van der Waals surface area contributed by atoms with Crippen molar-refractivity contribution in [2.45, 2.75) is 39.2 Å². The predicted molar refractivity (Wildman–Crippen MR) is 79.9 cm³/mol. The van der Waals surface area contributed by atoms with Crippen molar-refractivity contribution in [2.24, 2.45) is 0 Å². The summed E-state index contributed by atoms with van der Waals surface area (Å²) < 4.78 is 0. The van der Waals surface area contributed by atoms with Crippen molar-refractivity contribution >= 4 is 11.6 Å². The molecule has 1 saturated heterocycles. The van der Waals surface area contributed by atoms with Gasteiger partial charge in [-0.3, -0.25) is 0 Å². The zero-order valence-electron chi connectivity index (χ0n) is 12.6. The lowest BCUT2D eigenvalue weighted by Crippen LogP contribution is -2.25. The van der Waals surface area contributed by atoms with E-state index in [0.717, 1.165) is 36.1 Å². The summed E-state index contributed by atoms with van der Waals surface area (Å²) in [5.74, 6) is 3.12. The minimum absolute atomic E-state index is 0.333. The lowest BCUT2D eigenvalue weighted by atomic mass is 10.2. The van der Waals surface area contributed by atoms with E-state index in [4.69, 9.17) is 0 Å². The summed E-state index contributed by atoms with van der Waals surface area (Å²) in [6.45, 7) is 8.54. The van der Waals surface area contributed by atoms with Gasteiger partial charge in [-0.15, -0.1) is 0 Å². The molecule has 106 valence electrons. The van der Waals surface area contributed by atoms with Crippen molar-refractivity contribution < 1.29 is 0 Å². The molecule has 1 aromatic heterocycles. The molecule has 0 bridgehead atoms. The number of anilines is 2. The second-order valence-electron chi connectivity index (χ2n) is 5.70. The summed E-state index contributed by atoms with van der Waals surface area (Å²) in [7, 11) is 4.07. The Morgan fingerprint density at radius 3 is 2.47 bits per heavy atom. The summed E-state index contributed by atoms with van der Waals surface area (Å²) >= 11 is 0. The van der Waals surface area contributed by atoms with Gasteiger partial charge in [-0.1, -0.05) is 13.8 Å². The highest BCUT2D eigenvalue weighted by atomic mass is 15.2. The zero-order valence-corrected chi connectivity index (χ0v) is 12.6. The van der Waals surface area contributed by atoms with Gasteiger partial charge in [0.15, 0.2) is 0 Å². The van der Waals surface area contributed by atoms with Gasteiger partial charge in [0.25, 0.3) is 0 Å². The number of hydrogen-bond donors (Lipinski definition) is 2. The first-order valence-corrected chi connectivity index (χ1v) is 7.02. The Morgan fingerprint density at radius 2 is 1.95 bits per heavy atom. The third-order valence-corrected chi connectivity index (χ3v) is 3.65. The normalized spacial score (nSPS) is 20.0. The van der Waals surface area contributed by atoms with E-state index in [-0.39, 0.29) is 0 Å². The van der Waals surface area contributed by atoms with Crippen molar-refractivity contribution in [2.75, 3.05) is 37.8 Å². The lowest BCUT2D eigenvalue weighted by Gasteiger charge is -2.18. The Labute approximate surface area is 115 Å². The molecule has 2 rings (SSSR count). The third-order valence-electron chi connectivity index (χ3n) is 3.65. The van der Waals surface area contributed by atoms with Crippen LogP contribution in [0.25, 0.3) is 0 Å². The van der Waals surface area contributed by atoms with Crippen LogP contribution in [0, 0.1) is 6.92 Å². The van der Waals surface area contributed by atoms with Crippen LogP contribution in [-0.2, 0) is 0 Å². The molecule has 0 aromatic carbocycles. The quantitative estimate of drug-likeness (QED) is 0.871. The molecule has 2 N–H and O–H groups in total. The highest BCUT2D eigenvalue weighted by Gasteiger charge is 2.21. The van der Waals surface area contributed by atoms with Crippen LogP contribution in [0.2, 0.25) is 0 Å². The van der Waals surface area contributed by atoms with Crippen molar-refractivity contribution in [1.82, 2.24) is 14.9 Å². The molecule has 19 heavy (non-hydrogen) atoms. The number of likely N-dealkylation sites (N-methyl/N-ethyl adjacent to an activating group) is 1. The first-order valence-electron chi connectivity index (χ1n) is 7.02. The van der Waals surface area contributed by atoms with Gasteiger partial charge in [-0.25, -0.2) is 9.97 Å². The Morgan fingerprint density at radius 1 is 1.26 bits per heavy atom. The molecule has 1 aromatic rings. The van der Waals surface area contributed by atoms with Crippen LogP contribution in [0.1, 0.15) is 37.6 Å². The fourth-order valence-electron chi connectivity index (χ4n) is 2.42. The van der Waals surface area contributed by atoms with Crippen LogP contribution < -0.4 is 10.6 Å². The molecule has 1 aliphatic rings. The Hall–Kier alpha value is -1.36. The maximum atomic E-state index is 4.69. The van der Waals surface area contributed by atoms with E-state index < -0.39 is 0 Å². The average Bonchev–Trinajstić information content (AvgIpc) is 2.77. The smallest absolute Gasteiger partial charge is 0.135 e. The third kappa shape index (κ3) is 3.15. The second-order valence-corrected chi connectivity index (χ2v) is 5.70. The summed E-state index contributed by atoms with van der Waals surface area (Å²) in [6, 6.07) is 0.489. The predicted octanol–water partition coefficient (Wildman–Crippen LogP) is 2.07. The van der Waals surface area contributed by atoms with Gasteiger partial charge < -0.3 is 15.5 Å². The van der Waals surface area contributed by atoms with Gasteiger partial charge in [0.1, 0.15) is 17.5 Å². The molecule has 2 heterocycles. The molecule has 0 aliphatic carbocycles. The van der Waals surface area contributed by atoms with Gasteiger partial charge in [-0.2, -0.15) is 0 Å². The van der Waals surface area contributed by atoms with E-state index in [1.54, 1.807) is 0 Å². The minimum atomic E-state index is 0.333. The first kappa shape index (κ1) is 14.1. The van der Waals surface area contributed by atoms with Crippen molar-refractivity contribution in [1.29, 1.82) is 0 Å². The van der Waals surface area contributed by atoms with Crippen LogP contribution in [0.3, 0.4) is 0 Å². The topological polar surface area (TPSA) is 53.1 Å². The Kier molecular flexibility index (Phi) is 4.24. The molecule has 5 nitrogen and oxygen atoms in total. The Bertz CT molecular complexity index is 444. The zero-order chi connectivity index (χ0) is 14.0. The van der Waals surface area contributed by atoms with Gasteiger partial charge in [0.2, 0.25) is 0 Å². The molecular formula is C14H25N5. The molecule has 1 unspecified atom stereocenters. The number of hydrogen-bond acceptors (Lipinski definition) is 5. The largest absolute Gasteiger partial charge is 0.373 e. The van der Waals surface area contributed by atoms with Crippen LogP contribution in [0.15, 0.2) is 0 Å². The SMILES string of the molecule is CNc1nc(C(C)C)nc(NC2CCN(C)C2)c1C. The molecule has 0 radical (unpaired) electrons. The number of nitrogens with zero attached hydrogens (tertiary/aromatic N) is 3. The standard InChI is InChI=1S/C14H25N5/c1-9(2)12-17-13(15-4)10(3)14(18-12)16-11-6-7-19(5)8-11/h9,11H,6-8H2,1-5H3,(H2,15,16,17,18). The minimum Gasteiger partial charge on any atom is -0.373 e. The van der Waals surface area contributed by atoms with E-state index in [0.29, 0.717) is 12.0 Å². The Balaban J connectivity index is 2.25. The van der Waals surface area contributed by atoms with Gasteiger partial charge in [0.05, 0.1) is 0 Å². The second kappa shape index (κ2) is 5.74. The van der Waals surface area contributed by atoms with Crippen LogP contribution >= 0.6 is 0 Å². The van der Waals surface area contributed by atoms with E-state index in [2.05, 4.69) is 53.3 Å². The maximum absolute atomic E-state index is 4.69. The first-order chi connectivity index (χ1) is 9.01. The molecule has 0 spiro atoms. The van der Waals surface area contributed by atoms with E-state index in [1.807, 2.05) is 7.05 Å². The molecule has 1 fully saturated rings. The summed E-state index contributed by atoms with van der Waals surface area (Å²) in [4.78, 5) is 11.6. The van der Waals surface area contributed by atoms with Crippen LogP contribution in [0.5, 0.6) is 0 Å². The fourth-order valence-corrected chi connectivity index (χ4v) is 2.42. The van der Waals surface area contributed by atoms with Crippen molar-refractivity contribution in [3.05, 3.63) is 11.4 Å². The van der Waals surface area contributed by atoms with Gasteiger partial charge in [0, 0.05) is 31.1 Å². The monoisotopic (exact) mass is 263 g/mol. The molecule has 0 amide bonds. The summed E-state index contributed by atoms with van der Waals surface area (Å²) in [5.41, 5.74) is 1.10. The highest BCUT2D eigenvalue weighted by molar-refractivity contribution is 5.57. The molecule has 5 heteroatoms. The molecule has 0 saturated carbocycles.